The second-order valence-electron chi connectivity index (χ2n) is 5.99. The van der Waals surface area contributed by atoms with E-state index in [2.05, 4.69) is 11.4 Å². The van der Waals surface area contributed by atoms with Crippen molar-refractivity contribution in [3.63, 3.8) is 0 Å². The van der Waals surface area contributed by atoms with Gasteiger partial charge in [0.05, 0.1) is 13.2 Å². The van der Waals surface area contributed by atoms with Gasteiger partial charge in [-0.15, -0.1) is 0 Å². The molecule has 1 saturated heterocycles. The highest BCUT2D eigenvalue weighted by atomic mass is 16.5. The number of ether oxygens (including phenoxy) is 2. The fourth-order valence-corrected chi connectivity index (χ4v) is 3.24. The molecule has 0 spiro atoms. The van der Waals surface area contributed by atoms with Crippen molar-refractivity contribution in [2.45, 2.75) is 50.5 Å². The van der Waals surface area contributed by atoms with Crippen LogP contribution in [0, 0.1) is 0 Å². The molecule has 1 unspecified atom stereocenters. The topological polar surface area (TPSA) is 47.6 Å². The van der Waals surface area contributed by atoms with Crippen LogP contribution in [0.5, 0.6) is 11.5 Å². The minimum atomic E-state index is 0.130. The van der Waals surface area contributed by atoms with Crippen molar-refractivity contribution in [1.29, 1.82) is 0 Å². The third-order valence-corrected chi connectivity index (χ3v) is 4.48. The summed E-state index contributed by atoms with van der Waals surface area (Å²) >= 11 is 0. The number of benzene rings is 1. The molecular weight excluding hydrogens is 266 g/mol. The fraction of sp³-hybridized carbons (Fsp3) is 0.588. The molecule has 1 aromatic carbocycles. The summed E-state index contributed by atoms with van der Waals surface area (Å²) in [7, 11) is 1.67. The summed E-state index contributed by atoms with van der Waals surface area (Å²) in [5, 5.41) is 2.89. The molecule has 1 aromatic rings. The van der Waals surface area contributed by atoms with E-state index in [1.54, 1.807) is 7.11 Å². The molecule has 1 aliphatic heterocycles. The van der Waals surface area contributed by atoms with Gasteiger partial charge in [-0.05, 0) is 43.4 Å². The predicted molar refractivity (Wildman–Crippen MR) is 80.9 cm³/mol. The Morgan fingerprint density at radius 3 is 2.62 bits per heavy atom. The van der Waals surface area contributed by atoms with Gasteiger partial charge < -0.3 is 14.8 Å². The van der Waals surface area contributed by atoms with Gasteiger partial charge in [0.2, 0.25) is 5.91 Å². The summed E-state index contributed by atoms with van der Waals surface area (Å²) in [5.74, 6) is 1.98. The van der Waals surface area contributed by atoms with Crippen LogP contribution in [0.1, 0.15) is 50.0 Å². The van der Waals surface area contributed by atoms with Crippen molar-refractivity contribution in [2.75, 3.05) is 13.7 Å². The summed E-state index contributed by atoms with van der Waals surface area (Å²) < 4.78 is 11.6. The first kappa shape index (κ1) is 14.2. The Morgan fingerprint density at radius 2 is 1.95 bits per heavy atom. The largest absolute Gasteiger partial charge is 0.493 e. The van der Waals surface area contributed by atoms with Crippen molar-refractivity contribution in [3.8, 4) is 11.5 Å². The van der Waals surface area contributed by atoms with E-state index in [9.17, 15) is 4.79 Å². The second kappa shape index (κ2) is 6.37. The fourth-order valence-electron chi connectivity index (χ4n) is 3.24. The van der Waals surface area contributed by atoms with Crippen LogP contribution in [-0.4, -0.2) is 25.7 Å². The summed E-state index contributed by atoms with van der Waals surface area (Å²) in [6.07, 6.45) is 6.91. The van der Waals surface area contributed by atoms with Gasteiger partial charge in [-0.3, -0.25) is 4.79 Å². The van der Waals surface area contributed by atoms with Crippen molar-refractivity contribution in [2.24, 2.45) is 0 Å². The highest BCUT2D eigenvalue weighted by molar-refractivity contribution is 5.79. The van der Waals surface area contributed by atoms with Gasteiger partial charge in [0.25, 0.3) is 0 Å². The molecule has 4 heteroatoms. The second-order valence-corrected chi connectivity index (χ2v) is 5.99. The zero-order chi connectivity index (χ0) is 14.7. The number of amides is 1. The van der Waals surface area contributed by atoms with Crippen LogP contribution in [0.4, 0.5) is 0 Å². The number of carbonyl (C=O) groups excluding carboxylic acids is 1. The number of carbonyl (C=O) groups is 1. The molecule has 1 amide bonds. The first-order valence-corrected chi connectivity index (χ1v) is 7.87. The zero-order valence-corrected chi connectivity index (χ0v) is 12.6. The quantitative estimate of drug-likeness (QED) is 0.927. The SMILES string of the molecule is COc1ccc(C2CNC(=O)C2)cc1OC1CCCCC1. The monoisotopic (exact) mass is 289 g/mol. The minimum absolute atomic E-state index is 0.130. The zero-order valence-electron chi connectivity index (χ0n) is 12.6. The highest BCUT2D eigenvalue weighted by Crippen LogP contribution is 2.35. The van der Waals surface area contributed by atoms with Gasteiger partial charge in [0, 0.05) is 18.9 Å². The lowest BCUT2D eigenvalue weighted by molar-refractivity contribution is -0.119. The Labute approximate surface area is 125 Å². The number of hydrogen-bond donors (Lipinski definition) is 1. The number of hydrogen-bond acceptors (Lipinski definition) is 3. The summed E-state index contributed by atoms with van der Waals surface area (Å²) in [6.45, 7) is 0.716. The van der Waals surface area contributed by atoms with Crippen molar-refractivity contribution in [1.82, 2.24) is 5.32 Å². The van der Waals surface area contributed by atoms with Crippen molar-refractivity contribution in [3.05, 3.63) is 23.8 Å². The molecular formula is C17H23NO3. The average Bonchev–Trinajstić information content (AvgIpc) is 2.95. The molecule has 21 heavy (non-hydrogen) atoms. The van der Waals surface area contributed by atoms with E-state index < -0.39 is 0 Å². The van der Waals surface area contributed by atoms with E-state index in [1.807, 2.05) is 12.1 Å². The summed E-state index contributed by atoms with van der Waals surface area (Å²) in [5.41, 5.74) is 1.15. The van der Waals surface area contributed by atoms with E-state index in [-0.39, 0.29) is 11.8 Å². The number of rotatable bonds is 4. The maximum atomic E-state index is 11.4. The highest BCUT2D eigenvalue weighted by Gasteiger charge is 2.24. The third kappa shape index (κ3) is 3.31. The van der Waals surface area contributed by atoms with Crippen LogP contribution < -0.4 is 14.8 Å². The molecule has 1 saturated carbocycles. The summed E-state index contributed by atoms with van der Waals surface area (Å²) in [4.78, 5) is 11.4. The van der Waals surface area contributed by atoms with Crippen LogP contribution in [0.3, 0.4) is 0 Å². The molecule has 1 atom stereocenters. The molecule has 2 fully saturated rings. The van der Waals surface area contributed by atoms with Crippen LogP contribution >= 0.6 is 0 Å². The Kier molecular flexibility index (Phi) is 4.32. The Morgan fingerprint density at radius 1 is 1.14 bits per heavy atom. The lowest BCUT2D eigenvalue weighted by Crippen LogP contribution is -2.20. The van der Waals surface area contributed by atoms with Crippen LogP contribution in [0.2, 0.25) is 0 Å². The van der Waals surface area contributed by atoms with Gasteiger partial charge in [0.1, 0.15) is 0 Å². The van der Waals surface area contributed by atoms with E-state index in [0.29, 0.717) is 19.1 Å². The van der Waals surface area contributed by atoms with Gasteiger partial charge in [0.15, 0.2) is 11.5 Å². The molecule has 1 heterocycles. The smallest absolute Gasteiger partial charge is 0.220 e. The van der Waals surface area contributed by atoms with Gasteiger partial charge in [-0.2, -0.15) is 0 Å². The van der Waals surface area contributed by atoms with E-state index >= 15 is 0 Å². The molecule has 2 aliphatic rings. The minimum Gasteiger partial charge on any atom is -0.493 e. The number of methoxy groups -OCH3 is 1. The predicted octanol–water partition coefficient (Wildman–Crippen LogP) is 3.01. The maximum absolute atomic E-state index is 11.4. The van der Waals surface area contributed by atoms with Crippen LogP contribution in [-0.2, 0) is 4.79 Å². The first-order chi connectivity index (χ1) is 10.3. The van der Waals surface area contributed by atoms with Crippen LogP contribution in [0.25, 0.3) is 0 Å². The average molecular weight is 289 g/mol. The molecule has 3 rings (SSSR count). The van der Waals surface area contributed by atoms with Crippen LogP contribution in [0.15, 0.2) is 18.2 Å². The molecule has 1 aliphatic carbocycles. The summed E-state index contributed by atoms with van der Waals surface area (Å²) in [6, 6.07) is 6.05. The third-order valence-electron chi connectivity index (χ3n) is 4.48. The van der Waals surface area contributed by atoms with E-state index in [4.69, 9.17) is 9.47 Å². The lowest BCUT2D eigenvalue weighted by Gasteiger charge is -2.24. The molecule has 0 aromatic heterocycles. The molecule has 4 nitrogen and oxygen atoms in total. The Balaban J connectivity index is 1.77. The van der Waals surface area contributed by atoms with Crippen molar-refractivity contribution < 1.29 is 14.3 Å². The van der Waals surface area contributed by atoms with Crippen molar-refractivity contribution >= 4 is 5.91 Å². The van der Waals surface area contributed by atoms with Gasteiger partial charge in [-0.1, -0.05) is 12.5 Å². The molecule has 114 valence electrons. The first-order valence-electron chi connectivity index (χ1n) is 7.87. The molecule has 0 bridgehead atoms. The van der Waals surface area contributed by atoms with Gasteiger partial charge >= 0.3 is 0 Å². The maximum Gasteiger partial charge on any atom is 0.220 e. The van der Waals surface area contributed by atoms with E-state index in [1.165, 1.54) is 19.3 Å². The Bertz CT molecular complexity index is 509. The standard InChI is InChI=1S/C17H23NO3/c1-20-15-8-7-12(13-10-17(19)18-11-13)9-16(15)21-14-5-3-2-4-6-14/h7-9,13-14H,2-6,10-11H2,1H3,(H,18,19). The number of nitrogens with one attached hydrogen (secondary N) is 1. The molecule has 1 N–H and O–H groups in total. The Hall–Kier alpha value is -1.71. The van der Waals surface area contributed by atoms with Gasteiger partial charge in [-0.25, -0.2) is 0 Å². The molecule has 0 radical (unpaired) electrons. The normalized spacial score (nSPS) is 22.9. The lowest BCUT2D eigenvalue weighted by atomic mass is 9.96. The van der Waals surface area contributed by atoms with E-state index in [0.717, 1.165) is 29.9 Å².